The molecule has 0 bridgehead atoms. The van der Waals surface area contributed by atoms with Crippen LogP contribution in [0.2, 0.25) is 0 Å². The first-order chi connectivity index (χ1) is 19.0. The summed E-state index contributed by atoms with van der Waals surface area (Å²) in [5, 5.41) is 4.21. The van der Waals surface area contributed by atoms with Gasteiger partial charge in [0.25, 0.3) is 10.0 Å². The smallest absolute Gasteiger partial charge is 0.265 e. The number of nitrogens with zero attached hydrogens (tertiary/aromatic N) is 1. The fourth-order valence-electron chi connectivity index (χ4n) is 4.46. The van der Waals surface area contributed by atoms with Crippen LogP contribution in [0.25, 0.3) is 21.9 Å². The van der Waals surface area contributed by atoms with Crippen molar-refractivity contribution in [2.45, 2.75) is 11.8 Å². The number of amides is 1. The summed E-state index contributed by atoms with van der Waals surface area (Å²) in [4.78, 5) is 13.4. The molecule has 0 unspecified atom stereocenters. The molecule has 5 aromatic rings. The summed E-state index contributed by atoms with van der Waals surface area (Å²) in [5.41, 5.74) is 2.73. The average Bonchev–Trinajstić information content (AvgIpc) is 2.97. The maximum absolute atomic E-state index is 14.2. The average molecular weight is 537 g/mol. The first kappa shape index (κ1) is 26.0. The highest BCUT2D eigenvalue weighted by Crippen LogP contribution is 2.31. The van der Waals surface area contributed by atoms with Gasteiger partial charge >= 0.3 is 0 Å². The van der Waals surface area contributed by atoms with Gasteiger partial charge in [0, 0.05) is 11.1 Å². The molecule has 0 saturated heterocycles. The quantitative estimate of drug-likeness (QED) is 0.226. The maximum atomic E-state index is 14.2. The first-order valence-corrected chi connectivity index (χ1v) is 14.1. The van der Waals surface area contributed by atoms with Gasteiger partial charge in [0.2, 0.25) is 5.91 Å². The fraction of sp³-hybridized carbons (Fsp3) is 0.0938. The highest BCUT2D eigenvalue weighted by Gasteiger charge is 2.29. The summed E-state index contributed by atoms with van der Waals surface area (Å²) < 4.78 is 35.1. The van der Waals surface area contributed by atoms with Gasteiger partial charge in [-0.15, -0.1) is 0 Å². The SMILES string of the molecule is CCOc1ccc(NC(=O)CN(c2cccc(-c3ccccc3)c2)S(=O)(=O)c2cccc3ccccc23)cc1. The van der Waals surface area contributed by atoms with Crippen LogP contribution in [0.1, 0.15) is 6.92 Å². The highest BCUT2D eigenvalue weighted by atomic mass is 32.2. The molecule has 0 aliphatic carbocycles. The van der Waals surface area contributed by atoms with Gasteiger partial charge in [-0.2, -0.15) is 0 Å². The van der Waals surface area contributed by atoms with E-state index in [9.17, 15) is 13.2 Å². The number of ether oxygens (including phenoxy) is 1. The van der Waals surface area contributed by atoms with E-state index in [2.05, 4.69) is 5.32 Å². The molecule has 5 aromatic carbocycles. The molecule has 1 N–H and O–H groups in total. The van der Waals surface area contributed by atoms with E-state index >= 15 is 0 Å². The van der Waals surface area contributed by atoms with Gasteiger partial charge in [-0.1, -0.05) is 78.9 Å². The molecular formula is C32H28N2O4S. The van der Waals surface area contributed by atoms with E-state index in [0.29, 0.717) is 29.1 Å². The zero-order valence-corrected chi connectivity index (χ0v) is 22.3. The van der Waals surface area contributed by atoms with Crippen LogP contribution in [0.4, 0.5) is 11.4 Å². The molecule has 0 atom stereocenters. The lowest BCUT2D eigenvalue weighted by atomic mass is 10.1. The Morgan fingerprint density at radius 1 is 0.769 bits per heavy atom. The Kier molecular flexibility index (Phi) is 7.61. The van der Waals surface area contributed by atoms with Gasteiger partial charge in [-0.25, -0.2) is 8.42 Å². The van der Waals surface area contributed by atoms with Crippen LogP contribution in [-0.4, -0.2) is 27.5 Å². The largest absolute Gasteiger partial charge is 0.494 e. The number of nitrogens with one attached hydrogen (secondary N) is 1. The molecule has 5 rings (SSSR count). The standard InChI is InChI=1S/C32H28N2O4S/c1-2-38-29-20-18-27(19-21-29)33-32(35)23-34(28-15-8-14-26(22-28)24-10-4-3-5-11-24)39(36,37)31-17-9-13-25-12-6-7-16-30(25)31/h3-22H,2,23H2,1H3,(H,33,35). The second-order valence-corrected chi connectivity index (χ2v) is 10.7. The zero-order valence-electron chi connectivity index (χ0n) is 21.4. The molecule has 39 heavy (non-hydrogen) atoms. The molecule has 0 aliphatic heterocycles. The summed E-state index contributed by atoms with van der Waals surface area (Å²) in [6, 6.07) is 36.4. The number of benzene rings is 5. The fourth-order valence-corrected chi connectivity index (χ4v) is 6.09. The van der Waals surface area contributed by atoms with Crippen molar-refractivity contribution >= 4 is 38.1 Å². The van der Waals surface area contributed by atoms with Crippen molar-refractivity contribution in [3.05, 3.63) is 121 Å². The molecule has 6 nitrogen and oxygen atoms in total. The number of hydrogen-bond acceptors (Lipinski definition) is 4. The molecule has 0 fully saturated rings. The van der Waals surface area contributed by atoms with Crippen molar-refractivity contribution in [1.29, 1.82) is 0 Å². The molecule has 1 amide bonds. The number of carbonyl (C=O) groups is 1. The number of sulfonamides is 1. The van der Waals surface area contributed by atoms with E-state index in [0.717, 1.165) is 16.5 Å². The van der Waals surface area contributed by atoms with Gasteiger partial charge in [-0.3, -0.25) is 9.10 Å². The van der Waals surface area contributed by atoms with Crippen molar-refractivity contribution in [2.24, 2.45) is 0 Å². The van der Waals surface area contributed by atoms with Gasteiger partial charge in [0.1, 0.15) is 12.3 Å². The lowest BCUT2D eigenvalue weighted by Crippen LogP contribution is -2.38. The Balaban J connectivity index is 1.54. The zero-order chi connectivity index (χ0) is 27.2. The predicted molar refractivity (Wildman–Crippen MR) is 157 cm³/mol. The molecule has 0 aliphatic rings. The Bertz CT molecular complexity index is 1700. The van der Waals surface area contributed by atoms with E-state index in [1.165, 1.54) is 4.31 Å². The molecule has 0 radical (unpaired) electrons. The third-order valence-electron chi connectivity index (χ3n) is 6.30. The Morgan fingerprint density at radius 2 is 1.44 bits per heavy atom. The van der Waals surface area contributed by atoms with E-state index < -0.39 is 22.5 Å². The first-order valence-electron chi connectivity index (χ1n) is 12.6. The van der Waals surface area contributed by atoms with Crippen LogP contribution in [0.5, 0.6) is 5.75 Å². The van der Waals surface area contributed by atoms with Gasteiger partial charge in [0.15, 0.2) is 0 Å². The Labute approximate surface area is 228 Å². The molecule has 0 heterocycles. The third-order valence-corrected chi connectivity index (χ3v) is 8.13. The van der Waals surface area contributed by atoms with Crippen LogP contribution in [-0.2, 0) is 14.8 Å². The normalized spacial score (nSPS) is 11.2. The highest BCUT2D eigenvalue weighted by molar-refractivity contribution is 7.93. The summed E-state index contributed by atoms with van der Waals surface area (Å²) in [6.07, 6.45) is 0. The maximum Gasteiger partial charge on any atom is 0.265 e. The number of anilines is 2. The summed E-state index contributed by atoms with van der Waals surface area (Å²) in [5.74, 6) is 0.224. The van der Waals surface area contributed by atoms with E-state index in [4.69, 9.17) is 4.74 Å². The topological polar surface area (TPSA) is 75.7 Å². The number of hydrogen-bond donors (Lipinski definition) is 1. The minimum atomic E-state index is -4.13. The third kappa shape index (κ3) is 5.78. The monoisotopic (exact) mass is 536 g/mol. The van der Waals surface area contributed by atoms with Crippen molar-refractivity contribution < 1.29 is 17.9 Å². The number of carbonyl (C=O) groups excluding carboxylic acids is 1. The predicted octanol–water partition coefficient (Wildman–Crippen LogP) is 6.74. The Hall–Kier alpha value is -4.62. The lowest BCUT2D eigenvalue weighted by Gasteiger charge is -2.25. The Morgan fingerprint density at radius 3 is 2.21 bits per heavy atom. The molecule has 196 valence electrons. The summed E-state index contributed by atoms with van der Waals surface area (Å²) in [7, 11) is -4.13. The van der Waals surface area contributed by atoms with Crippen molar-refractivity contribution in [2.75, 3.05) is 22.8 Å². The van der Waals surface area contributed by atoms with E-state index in [1.54, 1.807) is 66.7 Å². The van der Waals surface area contributed by atoms with Crippen LogP contribution in [0.3, 0.4) is 0 Å². The van der Waals surface area contributed by atoms with Crippen LogP contribution >= 0.6 is 0 Å². The second kappa shape index (κ2) is 11.4. The minimum Gasteiger partial charge on any atom is -0.494 e. The van der Waals surface area contributed by atoms with Gasteiger partial charge < -0.3 is 10.1 Å². The summed E-state index contributed by atoms with van der Waals surface area (Å²) >= 11 is 0. The van der Waals surface area contributed by atoms with Crippen LogP contribution in [0.15, 0.2) is 126 Å². The minimum absolute atomic E-state index is 0.139. The molecule has 0 aromatic heterocycles. The lowest BCUT2D eigenvalue weighted by molar-refractivity contribution is -0.114. The van der Waals surface area contributed by atoms with Crippen molar-refractivity contribution in [3.63, 3.8) is 0 Å². The molecular weight excluding hydrogens is 508 g/mol. The van der Waals surface area contributed by atoms with Gasteiger partial charge in [0.05, 0.1) is 17.2 Å². The van der Waals surface area contributed by atoms with Crippen LogP contribution < -0.4 is 14.4 Å². The van der Waals surface area contributed by atoms with Gasteiger partial charge in [-0.05, 0) is 65.9 Å². The number of fused-ring (bicyclic) bond motifs is 1. The van der Waals surface area contributed by atoms with E-state index in [1.807, 2.05) is 61.5 Å². The molecule has 0 spiro atoms. The second-order valence-electron chi connectivity index (χ2n) is 8.91. The molecule has 0 saturated carbocycles. The molecule has 7 heteroatoms. The van der Waals surface area contributed by atoms with Crippen molar-refractivity contribution in [3.8, 4) is 16.9 Å². The van der Waals surface area contributed by atoms with Crippen LogP contribution in [0, 0.1) is 0 Å². The van der Waals surface area contributed by atoms with Crippen molar-refractivity contribution in [1.82, 2.24) is 0 Å². The summed E-state index contributed by atoms with van der Waals surface area (Å²) in [6.45, 7) is 2.03. The number of rotatable bonds is 9. The van der Waals surface area contributed by atoms with E-state index in [-0.39, 0.29) is 4.90 Å².